The van der Waals surface area contributed by atoms with Gasteiger partial charge in [-0.05, 0) is 61.7 Å². The molecule has 4 nitrogen and oxygen atoms in total. The van der Waals surface area contributed by atoms with Gasteiger partial charge in [0.15, 0.2) is 0 Å². The highest BCUT2D eigenvalue weighted by molar-refractivity contribution is 5.80. The molecule has 0 spiro atoms. The molecule has 0 aliphatic heterocycles. The van der Waals surface area contributed by atoms with Crippen LogP contribution < -0.4 is 11.1 Å². The number of amides is 1. The summed E-state index contributed by atoms with van der Waals surface area (Å²) in [4.78, 5) is 11.9. The zero-order valence-corrected chi connectivity index (χ0v) is 10.8. The minimum atomic E-state index is -0.813. The normalized spacial score (nSPS) is 42.9. The van der Waals surface area contributed by atoms with Gasteiger partial charge in [0.2, 0.25) is 5.91 Å². The third-order valence-electron chi connectivity index (χ3n) is 5.38. The molecule has 1 atom stereocenters. The van der Waals surface area contributed by atoms with Gasteiger partial charge in [0.1, 0.15) is 6.10 Å². The molecule has 4 fully saturated rings. The molecule has 4 aliphatic carbocycles. The molecular weight excluding hydrogens is 228 g/mol. The number of aliphatic hydroxyl groups is 1. The first-order chi connectivity index (χ1) is 8.69. The molecule has 4 aliphatic rings. The Morgan fingerprint density at radius 2 is 1.72 bits per heavy atom. The van der Waals surface area contributed by atoms with Crippen molar-refractivity contribution in [3.8, 4) is 0 Å². The van der Waals surface area contributed by atoms with Crippen LogP contribution in [0.4, 0.5) is 0 Å². The highest BCUT2D eigenvalue weighted by Gasteiger charge is 2.51. The second kappa shape index (κ2) is 4.82. The molecule has 102 valence electrons. The van der Waals surface area contributed by atoms with Gasteiger partial charge in [0.05, 0.1) is 0 Å². The van der Waals surface area contributed by atoms with Crippen molar-refractivity contribution in [2.75, 3.05) is 13.1 Å². The fourth-order valence-corrected chi connectivity index (χ4v) is 4.96. The zero-order valence-electron chi connectivity index (χ0n) is 10.8. The topological polar surface area (TPSA) is 75.3 Å². The van der Waals surface area contributed by atoms with Crippen LogP contribution in [-0.2, 0) is 4.79 Å². The molecule has 18 heavy (non-hydrogen) atoms. The smallest absolute Gasteiger partial charge is 0.249 e. The number of carbonyl (C=O) groups is 1. The molecule has 1 amide bonds. The second-order valence-electron chi connectivity index (χ2n) is 6.53. The van der Waals surface area contributed by atoms with Gasteiger partial charge < -0.3 is 16.2 Å². The molecule has 0 saturated heterocycles. The molecule has 4 rings (SSSR count). The summed E-state index contributed by atoms with van der Waals surface area (Å²) in [7, 11) is 0. The predicted octanol–water partition coefficient (Wildman–Crippen LogP) is 0.494. The maximum Gasteiger partial charge on any atom is 0.249 e. The van der Waals surface area contributed by atoms with Crippen LogP contribution in [0.5, 0.6) is 0 Å². The van der Waals surface area contributed by atoms with Crippen molar-refractivity contribution in [3.05, 3.63) is 0 Å². The van der Waals surface area contributed by atoms with Crippen molar-refractivity contribution in [1.82, 2.24) is 5.32 Å². The fraction of sp³-hybridized carbons (Fsp3) is 0.929. The molecule has 4 bridgehead atoms. The van der Waals surface area contributed by atoms with E-state index in [1.165, 1.54) is 32.1 Å². The third kappa shape index (κ3) is 2.05. The van der Waals surface area contributed by atoms with Gasteiger partial charge in [-0.3, -0.25) is 4.79 Å². The summed E-state index contributed by atoms with van der Waals surface area (Å²) < 4.78 is 0. The lowest BCUT2D eigenvalue weighted by Crippen LogP contribution is -2.53. The molecular formula is C14H24N2O2. The maximum absolute atomic E-state index is 11.9. The lowest BCUT2D eigenvalue weighted by atomic mass is 9.51. The van der Waals surface area contributed by atoms with E-state index in [0.717, 1.165) is 11.8 Å². The van der Waals surface area contributed by atoms with E-state index in [1.807, 2.05) is 0 Å². The van der Waals surface area contributed by atoms with Crippen molar-refractivity contribution in [2.45, 2.75) is 38.2 Å². The maximum atomic E-state index is 11.9. The van der Waals surface area contributed by atoms with E-state index in [-0.39, 0.29) is 11.8 Å². The monoisotopic (exact) mass is 252 g/mol. The molecule has 0 aromatic heterocycles. The van der Waals surface area contributed by atoms with Gasteiger partial charge in [-0.25, -0.2) is 0 Å². The van der Waals surface area contributed by atoms with Crippen LogP contribution in [0.3, 0.4) is 0 Å². The van der Waals surface area contributed by atoms with Crippen molar-refractivity contribution < 1.29 is 9.90 Å². The minimum Gasteiger partial charge on any atom is -0.383 e. The summed E-state index contributed by atoms with van der Waals surface area (Å²) in [6, 6.07) is 0. The number of hydrogen-bond acceptors (Lipinski definition) is 3. The van der Waals surface area contributed by atoms with E-state index in [1.54, 1.807) is 0 Å². The molecule has 1 unspecified atom stereocenters. The minimum absolute atomic E-state index is 0.204. The Balaban J connectivity index is 1.67. The molecule has 0 radical (unpaired) electrons. The summed E-state index contributed by atoms with van der Waals surface area (Å²) in [6.07, 6.45) is 5.52. The van der Waals surface area contributed by atoms with E-state index >= 15 is 0 Å². The first kappa shape index (κ1) is 12.4. The number of hydrogen-bond donors (Lipinski definition) is 3. The van der Waals surface area contributed by atoms with Gasteiger partial charge in [0, 0.05) is 13.1 Å². The van der Waals surface area contributed by atoms with Crippen LogP contribution in [-0.4, -0.2) is 30.2 Å². The predicted molar refractivity (Wildman–Crippen MR) is 68.6 cm³/mol. The van der Waals surface area contributed by atoms with Crippen LogP contribution in [0.1, 0.15) is 32.1 Å². The molecule has 4 heteroatoms. The van der Waals surface area contributed by atoms with Crippen LogP contribution in [0, 0.1) is 29.6 Å². The quantitative estimate of drug-likeness (QED) is 0.682. The number of rotatable bonds is 4. The highest BCUT2D eigenvalue weighted by Crippen LogP contribution is 2.57. The van der Waals surface area contributed by atoms with Crippen LogP contribution in [0.15, 0.2) is 0 Å². The largest absolute Gasteiger partial charge is 0.383 e. The van der Waals surface area contributed by atoms with Crippen LogP contribution in [0.2, 0.25) is 0 Å². The second-order valence-corrected chi connectivity index (χ2v) is 6.53. The Kier molecular flexibility index (Phi) is 3.32. The summed E-state index contributed by atoms with van der Waals surface area (Å²) in [5, 5.41) is 13.1. The van der Waals surface area contributed by atoms with Crippen LogP contribution >= 0.6 is 0 Å². The van der Waals surface area contributed by atoms with Crippen LogP contribution in [0.25, 0.3) is 0 Å². The summed E-state index contributed by atoms with van der Waals surface area (Å²) in [5.41, 5.74) is 5.37. The molecule has 0 heterocycles. The summed E-state index contributed by atoms with van der Waals surface area (Å²) in [6.45, 7) is 0.892. The van der Waals surface area contributed by atoms with Crippen molar-refractivity contribution in [3.63, 3.8) is 0 Å². The standard InChI is InChI=1S/C14H24N2O2/c15-1-2-16-14(18)13(17)12-10-4-8-3-9(6-10)7-11(12)5-8/h8-13,17H,1-7,15H2,(H,16,18). The van der Waals surface area contributed by atoms with E-state index in [9.17, 15) is 9.90 Å². The van der Waals surface area contributed by atoms with Crippen molar-refractivity contribution in [2.24, 2.45) is 35.3 Å². The number of nitrogens with two attached hydrogens (primary N) is 1. The molecule has 4 N–H and O–H groups in total. The zero-order chi connectivity index (χ0) is 12.7. The first-order valence-electron chi connectivity index (χ1n) is 7.35. The average molecular weight is 252 g/mol. The summed E-state index contributed by atoms with van der Waals surface area (Å²) >= 11 is 0. The highest BCUT2D eigenvalue weighted by atomic mass is 16.3. The first-order valence-corrected chi connectivity index (χ1v) is 7.35. The number of carbonyl (C=O) groups excluding carboxylic acids is 1. The number of nitrogens with one attached hydrogen (secondary N) is 1. The Hall–Kier alpha value is -0.610. The Bertz CT molecular complexity index is 304. The number of aliphatic hydroxyl groups excluding tert-OH is 1. The van der Waals surface area contributed by atoms with Gasteiger partial charge in [-0.1, -0.05) is 0 Å². The van der Waals surface area contributed by atoms with Crippen molar-refractivity contribution in [1.29, 1.82) is 0 Å². The summed E-state index contributed by atoms with van der Waals surface area (Å²) in [5.74, 6) is 2.92. The van der Waals surface area contributed by atoms with Gasteiger partial charge in [-0.2, -0.15) is 0 Å². The third-order valence-corrected chi connectivity index (χ3v) is 5.38. The lowest BCUT2D eigenvalue weighted by Gasteiger charge is -2.55. The fourth-order valence-electron chi connectivity index (χ4n) is 4.96. The lowest BCUT2D eigenvalue weighted by molar-refractivity contribution is -0.144. The van der Waals surface area contributed by atoms with Gasteiger partial charge in [-0.15, -0.1) is 0 Å². The van der Waals surface area contributed by atoms with Gasteiger partial charge in [0.25, 0.3) is 0 Å². The van der Waals surface area contributed by atoms with E-state index in [2.05, 4.69) is 5.32 Å². The van der Waals surface area contributed by atoms with E-state index in [4.69, 9.17) is 5.73 Å². The molecule has 4 saturated carbocycles. The van der Waals surface area contributed by atoms with Crippen molar-refractivity contribution >= 4 is 5.91 Å². The van der Waals surface area contributed by atoms with Gasteiger partial charge >= 0.3 is 0 Å². The molecule has 0 aromatic rings. The average Bonchev–Trinajstić information content (AvgIpc) is 2.34. The van der Waals surface area contributed by atoms with E-state index < -0.39 is 6.10 Å². The Morgan fingerprint density at radius 3 is 2.22 bits per heavy atom. The SMILES string of the molecule is NCCNC(=O)C(O)C1C2CC3CC(C2)CC1C3. The Labute approximate surface area is 108 Å². The van der Waals surface area contributed by atoms with E-state index in [0.29, 0.717) is 24.9 Å². The Morgan fingerprint density at radius 1 is 1.17 bits per heavy atom. The molecule has 0 aromatic carbocycles.